The molecular formula is C15H17N3. The molecule has 1 aromatic carbocycles. The van der Waals surface area contributed by atoms with Gasteiger partial charge in [-0.15, -0.1) is 0 Å². The first-order valence-electron chi connectivity index (χ1n) is 6.40. The fraction of sp³-hybridized carbons (Fsp3) is 0.333. The molecule has 2 unspecified atom stereocenters. The molecule has 1 fully saturated rings. The summed E-state index contributed by atoms with van der Waals surface area (Å²) in [5, 5.41) is 3.37. The summed E-state index contributed by atoms with van der Waals surface area (Å²) in [4.78, 5) is 8.53. The van der Waals surface area contributed by atoms with E-state index in [0.717, 1.165) is 29.9 Å². The Morgan fingerprint density at radius 2 is 2.06 bits per heavy atom. The normalized spacial score (nSPS) is 21.6. The van der Waals surface area contributed by atoms with Crippen molar-refractivity contribution in [3.8, 4) is 0 Å². The van der Waals surface area contributed by atoms with Gasteiger partial charge in [-0.3, -0.25) is 4.98 Å². The van der Waals surface area contributed by atoms with Crippen LogP contribution in [0.1, 0.15) is 23.6 Å². The van der Waals surface area contributed by atoms with Crippen molar-refractivity contribution in [2.24, 2.45) is 5.92 Å². The molecule has 1 saturated carbocycles. The molecule has 3 heteroatoms. The van der Waals surface area contributed by atoms with Crippen molar-refractivity contribution in [3.05, 3.63) is 54.0 Å². The third-order valence-corrected chi connectivity index (χ3v) is 3.45. The molecule has 0 amide bonds. The third-order valence-electron chi connectivity index (χ3n) is 3.45. The van der Waals surface area contributed by atoms with Gasteiger partial charge < -0.3 is 5.32 Å². The molecule has 1 N–H and O–H groups in total. The van der Waals surface area contributed by atoms with Crippen LogP contribution in [0.3, 0.4) is 0 Å². The van der Waals surface area contributed by atoms with Crippen LogP contribution in [0.25, 0.3) is 0 Å². The minimum absolute atomic E-state index is 0.719. The van der Waals surface area contributed by atoms with Gasteiger partial charge in [0.2, 0.25) is 0 Å². The summed E-state index contributed by atoms with van der Waals surface area (Å²) in [6.45, 7) is 2.94. The topological polar surface area (TPSA) is 37.8 Å². The summed E-state index contributed by atoms with van der Waals surface area (Å²) in [5.41, 5.74) is 2.41. The molecule has 3 nitrogen and oxygen atoms in total. The molecular weight excluding hydrogens is 222 g/mol. The van der Waals surface area contributed by atoms with Gasteiger partial charge in [0, 0.05) is 12.7 Å². The van der Waals surface area contributed by atoms with Gasteiger partial charge in [0.25, 0.3) is 0 Å². The Labute approximate surface area is 107 Å². The van der Waals surface area contributed by atoms with E-state index >= 15 is 0 Å². The first kappa shape index (κ1) is 11.2. The van der Waals surface area contributed by atoms with E-state index in [1.807, 2.05) is 6.92 Å². The van der Waals surface area contributed by atoms with Crippen LogP contribution in [-0.2, 0) is 0 Å². The minimum atomic E-state index is 0.719. The average molecular weight is 239 g/mol. The number of rotatable bonds is 4. The molecule has 1 heterocycles. The lowest BCUT2D eigenvalue weighted by atomic mass is 10.1. The van der Waals surface area contributed by atoms with Gasteiger partial charge in [-0.25, -0.2) is 4.98 Å². The molecule has 0 bridgehead atoms. The van der Waals surface area contributed by atoms with Crippen LogP contribution in [0.5, 0.6) is 0 Å². The van der Waals surface area contributed by atoms with E-state index < -0.39 is 0 Å². The van der Waals surface area contributed by atoms with E-state index in [9.17, 15) is 0 Å². The molecule has 0 aliphatic heterocycles. The van der Waals surface area contributed by atoms with Crippen molar-refractivity contribution in [2.75, 3.05) is 11.9 Å². The maximum Gasteiger partial charge on any atom is 0.144 e. The highest BCUT2D eigenvalue weighted by Gasteiger charge is 2.37. The Morgan fingerprint density at radius 3 is 2.83 bits per heavy atom. The van der Waals surface area contributed by atoms with Gasteiger partial charge in [0.15, 0.2) is 0 Å². The van der Waals surface area contributed by atoms with Crippen LogP contribution in [0.2, 0.25) is 0 Å². The Morgan fingerprint density at radius 1 is 1.22 bits per heavy atom. The highest BCUT2D eigenvalue weighted by Crippen LogP contribution is 2.47. The molecule has 18 heavy (non-hydrogen) atoms. The molecule has 0 spiro atoms. The van der Waals surface area contributed by atoms with E-state index in [2.05, 4.69) is 45.6 Å². The van der Waals surface area contributed by atoms with E-state index in [1.54, 1.807) is 12.4 Å². The van der Waals surface area contributed by atoms with Crippen molar-refractivity contribution in [1.29, 1.82) is 0 Å². The fourth-order valence-electron chi connectivity index (χ4n) is 2.37. The van der Waals surface area contributed by atoms with Crippen molar-refractivity contribution in [3.63, 3.8) is 0 Å². The maximum absolute atomic E-state index is 4.40. The van der Waals surface area contributed by atoms with Gasteiger partial charge in [-0.2, -0.15) is 0 Å². The van der Waals surface area contributed by atoms with Crippen LogP contribution >= 0.6 is 0 Å². The van der Waals surface area contributed by atoms with Crippen LogP contribution in [0.4, 0.5) is 5.82 Å². The second kappa shape index (κ2) is 4.77. The second-order valence-corrected chi connectivity index (χ2v) is 4.94. The van der Waals surface area contributed by atoms with Gasteiger partial charge in [-0.05, 0) is 30.7 Å². The smallest absolute Gasteiger partial charge is 0.144 e. The van der Waals surface area contributed by atoms with Crippen LogP contribution in [-0.4, -0.2) is 16.5 Å². The van der Waals surface area contributed by atoms with Crippen LogP contribution < -0.4 is 5.32 Å². The Hall–Kier alpha value is -1.90. The Bertz CT molecular complexity index is 524. The molecule has 1 aliphatic rings. The number of aromatic nitrogens is 2. The van der Waals surface area contributed by atoms with E-state index in [1.165, 1.54) is 12.0 Å². The Kier molecular flexibility index (Phi) is 2.97. The van der Waals surface area contributed by atoms with E-state index in [0.29, 0.717) is 0 Å². The highest BCUT2D eigenvalue weighted by atomic mass is 15.0. The number of hydrogen-bond donors (Lipinski definition) is 1. The summed E-state index contributed by atoms with van der Waals surface area (Å²) in [6, 6.07) is 10.7. The number of nitrogens with zero attached hydrogens (tertiary/aromatic N) is 2. The zero-order valence-corrected chi connectivity index (χ0v) is 10.5. The zero-order chi connectivity index (χ0) is 12.4. The average Bonchev–Trinajstić information content (AvgIpc) is 3.17. The number of hydrogen-bond acceptors (Lipinski definition) is 3. The summed E-state index contributed by atoms with van der Waals surface area (Å²) in [7, 11) is 0. The SMILES string of the molecule is Cc1cncc(NCC2CC2c2ccccc2)n1. The second-order valence-electron chi connectivity index (χ2n) is 4.94. The molecule has 92 valence electrons. The van der Waals surface area contributed by atoms with E-state index in [-0.39, 0.29) is 0 Å². The number of benzene rings is 1. The quantitative estimate of drug-likeness (QED) is 0.891. The molecule has 1 aliphatic carbocycles. The van der Waals surface area contributed by atoms with Gasteiger partial charge in [0.1, 0.15) is 5.82 Å². The first-order valence-corrected chi connectivity index (χ1v) is 6.40. The van der Waals surface area contributed by atoms with E-state index in [4.69, 9.17) is 0 Å². The van der Waals surface area contributed by atoms with Crippen molar-refractivity contribution >= 4 is 5.82 Å². The molecule has 2 atom stereocenters. The van der Waals surface area contributed by atoms with Gasteiger partial charge in [0.05, 0.1) is 11.9 Å². The number of nitrogens with one attached hydrogen (secondary N) is 1. The number of aryl methyl sites for hydroxylation is 1. The van der Waals surface area contributed by atoms with Crippen LogP contribution in [0.15, 0.2) is 42.7 Å². The minimum Gasteiger partial charge on any atom is -0.368 e. The summed E-state index contributed by atoms with van der Waals surface area (Å²) in [6.07, 6.45) is 4.83. The fourth-order valence-corrected chi connectivity index (χ4v) is 2.37. The molecule has 0 saturated heterocycles. The lowest BCUT2D eigenvalue weighted by molar-refractivity contribution is 0.837. The molecule has 0 radical (unpaired) electrons. The predicted octanol–water partition coefficient (Wildman–Crippen LogP) is 3.00. The Balaban J connectivity index is 1.55. The molecule has 1 aromatic heterocycles. The maximum atomic E-state index is 4.40. The van der Waals surface area contributed by atoms with Gasteiger partial charge in [-0.1, -0.05) is 30.3 Å². The first-order chi connectivity index (χ1) is 8.83. The lowest BCUT2D eigenvalue weighted by Crippen LogP contribution is -2.06. The largest absolute Gasteiger partial charge is 0.368 e. The number of anilines is 1. The molecule has 2 aromatic rings. The third kappa shape index (κ3) is 2.50. The monoisotopic (exact) mass is 239 g/mol. The van der Waals surface area contributed by atoms with Gasteiger partial charge >= 0.3 is 0 Å². The predicted molar refractivity (Wildman–Crippen MR) is 72.5 cm³/mol. The standard InChI is InChI=1S/C15H17N3/c1-11-8-16-10-15(18-11)17-9-13-7-14(13)12-5-3-2-4-6-12/h2-6,8,10,13-14H,7,9H2,1H3,(H,17,18). The van der Waals surface area contributed by atoms with Crippen molar-refractivity contribution < 1.29 is 0 Å². The van der Waals surface area contributed by atoms with Crippen molar-refractivity contribution in [2.45, 2.75) is 19.3 Å². The summed E-state index contributed by atoms with van der Waals surface area (Å²) in [5.74, 6) is 2.33. The molecule has 3 rings (SSSR count). The zero-order valence-electron chi connectivity index (χ0n) is 10.5. The lowest BCUT2D eigenvalue weighted by Gasteiger charge is -2.05. The highest BCUT2D eigenvalue weighted by molar-refractivity contribution is 5.33. The summed E-state index contributed by atoms with van der Waals surface area (Å²) >= 11 is 0. The van der Waals surface area contributed by atoms with Crippen molar-refractivity contribution in [1.82, 2.24) is 9.97 Å². The van der Waals surface area contributed by atoms with Crippen LogP contribution in [0, 0.1) is 12.8 Å². The summed E-state index contributed by atoms with van der Waals surface area (Å²) < 4.78 is 0.